The van der Waals surface area contributed by atoms with Crippen LogP contribution in [0.3, 0.4) is 0 Å². The van der Waals surface area contributed by atoms with Gasteiger partial charge in [-0.1, -0.05) is 26.0 Å². The highest BCUT2D eigenvalue weighted by Gasteiger charge is 2.18. The molecule has 2 heterocycles. The molecule has 0 saturated carbocycles. The number of ketones is 1. The highest BCUT2D eigenvalue weighted by Crippen LogP contribution is 2.23. The zero-order chi connectivity index (χ0) is 31.1. The van der Waals surface area contributed by atoms with E-state index in [0.717, 1.165) is 0 Å². The minimum absolute atomic E-state index is 0.0147. The summed E-state index contributed by atoms with van der Waals surface area (Å²) in [7, 11) is 1.64. The lowest BCUT2D eigenvalue weighted by Crippen LogP contribution is -2.37. The van der Waals surface area contributed by atoms with Gasteiger partial charge in [0.05, 0.1) is 18.3 Å². The number of hydrogen-bond donors (Lipinski definition) is 3. The lowest BCUT2D eigenvalue weighted by molar-refractivity contribution is -0.117. The summed E-state index contributed by atoms with van der Waals surface area (Å²) in [5, 5.41) is 8.42. The van der Waals surface area contributed by atoms with E-state index in [1.807, 2.05) is 13.8 Å². The quantitative estimate of drug-likeness (QED) is 0.227. The molecule has 0 unspecified atom stereocenters. The predicted molar refractivity (Wildman–Crippen MR) is 164 cm³/mol. The predicted octanol–water partition coefficient (Wildman–Crippen LogP) is 4.26. The summed E-state index contributed by atoms with van der Waals surface area (Å²) in [5.41, 5.74) is 2.28. The van der Waals surface area contributed by atoms with Gasteiger partial charge in [-0.2, -0.15) is 0 Å². The maximum Gasteiger partial charge on any atom is 0.275 e. The first-order chi connectivity index (χ1) is 20.6. The molecule has 222 valence electrons. The van der Waals surface area contributed by atoms with E-state index in [0.29, 0.717) is 34.5 Å². The number of nitrogens with one attached hydrogen (secondary N) is 3. The molecule has 3 N–H and O–H groups in total. The molecule has 2 aromatic heterocycles. The number of hydrogen-bond acceptors (Lipinski definition) is 6. The zero-order valence-corrected chi connectivity index (χ0v) is 24.5. The van der Waals surface area contributed by atoms with Crippen LogP contribution in [0.1, 0.15) is 52.6 Å². The second-order valence-electron chi connectivity index (χ2n) is 10.6. The molecular weight excluding hydrogens is 549 g/mol. The van der Waals surface area contributed by atoms with Crippen LogP contribution in [0.5, 0.6) is 0 Å². The van der Waals surface area contributed by atoms with Crippen LogP contribution in [-0.4, -0.2) is 46.8 Å². The Bertz CT molecular complexity index is 1700. The van der Waals surface area contributed by atoms with Gasteiger partial charge in [-0.15, -0.1) is 0 Å². The third-order valence-corrected chi connectivity index (χ3v) is 6.85. The molecule has 1 atom stereocenters. The number of amides is 2. The fourth-order valence-corrected chi connectivity index (χ4v) is 4.32. The third kappa shape index (κ3) is 7.66. The highest BCUT2D eigenvalue weighted by molar-refractivity contribution is 6.08. The number of likely N-dealkylation sites (N-methyl/N-ethyl adjacent to an activating group) is 1. The van der Waals surface area contributed by atoms with Crippen LogP contribution < -0.4 is 21.5 Å². The van der Waals surface area contributed by atoms with Gasteiger partial charge in [-0.25, -0.2) is 4.39 Å². The molecule has 0 aliphatic heterocycles. The standard InChI is InChI=1S/C33H34FN5O4/c1-20(2)16-37-32(42)25-7-5-6-24(15-25)29-13-12-28(38-31(41)21(3)35-4)33(43)39(29)19-22-14-26(18-36-17-22)30(40)23-8-10-27(34)11-9-23/h5-15,17-18,20-21,35H,16,19H2,1-4H3,(H,37,42)(H,38,41)/t21-/m1/s1. The number of aromatic nitrogens is 2. The SMILES string of the molecule is CN[C@H](C)C(=O)Nc1ccc(-c2cccc(C(=O)NCC(C)C)c2)n(Cc2cncc(C(=O)c3ccc(F)cc3)c2)c1=O. The minimum Gasteiger partial charge on any atom is -0.352 e. The number of rotatable bonds is 11. The van der Waals surface area contributed by atoms with Crippen LogP contribution in [0, 0.1) is 11.7 Å². The van der Waals surface area contributed by atoms with Crippen molar-refractivity contribution in [2.24, 2.45) is 5.92 Å². The Kier molecular flexibility index (Phi) is 9.95. The Morgan fingerprint density at radius 1 is 0.907 bits per heavy atom. The Morgan fingerprint density at radius 3 is 2.35 bits per heavy atom. The van der Waals surface area contributed by atoms with E-state index in [4.69, 9.17) is 0 Å². The van der Waals surface area contributed by atoms with Crippen LogP contribution in [0.15, 0.2) is 83.9 Å². The van der Waals surface area contributed by atoms with Gasteiger partial charge in [0.15, 0.2) is 5.78 Å². The molecule has 0 aliphatic rings. The first-order valence-corrected chi connectivity index (χ1v) is 13.9. The summed E-state index contributed by atoms with van der Waals surface area (Å²) in [6.45, 7) is 6.22. The summed E-state index contributed by atoms with van der Waals surface area (Å²) in [6, 6.07) is 16.5. The number of anilines is 1. The monoisotopic (exact) mass is 583 g/mol. The first-order valence-electron chi connectivity index (χ1n) is 13.9. The second kappa shape index (κ2) is 13.8. The average Bonchev–Trinajstić information content (AvgIpc) is 3.01. The summed E-state index contributed by atoms with van der Waals surface area (Å²) in [4.78, 5) is 56.5. The summed E-state index contributed by atoms with van der Waals surface area (Å²) in [6.07, 6.45) is 2.95. The number of carbonyl (C=O) groups excluding carboxylic acids is 3. The normalized spacial score (nSPS) is 11.7. The van der Waals surface area contributed by atoms with Crippen LogP contribution in [-0.2, 0) is 11.3 Å². The lowest BCUT2D eigenvalue weighted by Gasteiger charge is -2.17. The number of halogens is 1. The van der Waals surface area contributed by atoms with Crippen LogP contribution in [0.25, 0.3) is 11.3 Å². The van der Waals surface area contributed by atoms with E-state index in [2.05, 4.69) is 20.9 Å². The van der Waals surface area contributed by atoms with Gasteiger partial charge in [0.25, 0.3) is 11.5 Å². The van der Waals surface area contributed by atoms with Crippen molar-refractivity contribution in [2.75, 3.05) is 18.9 Å². The van der Waals surface area contributed by atoms with Crippen molar-refractivity contribution in [1.29, 1.82) is 0 Å². The fourth-order valence-electron chi connectivity index (χ4n) is 4.32. The van der Waals surface area contributed by atoms with Crippen molar-refractivity contribution in [2.45, 2.75) is 33.4 Å². The third-order valence-electron chi connectivity index (χ3n) is 6.85. The average molecular weight is 584 g/mol. The number of carbonyl (C=O) groups is 3. The summed E-state index contributed by atoms with van der Waals surface area (Å²) < 4.78 is 14.8. The molecule has 43 heavy (non-hydrogen) atoms. The van der Waals surface area contributed by atoms with E-state index >= 15 is 0 Å². The molecule has 0 saturated heterocycles. The van der Waals surface area contributed by atoms with Crippen molar-refractivity contribution >= 4 is 23.3 Å². The second-order valence-corrected chi connectivity index (χ2v) is 10.6. The Morgan fingerprint density at radius 2 is 1.65 bits per heavy atom. The van der Waals surface area contributed by atoms with Gasteiger partial charge in [0.2, 0.25) is 5.91 Å². The van der Waals surface area contributed by atoms with Crippen LogP contribution >= 0.6 is 0 Å². The smallest absolute Gasteiger partial charge is 0.275 e. The van der Waals surface area contributed by atoms with Gasteiger partial charge in [0.1, 0.15) is 11.5 Å². The molecule has 2 aromatic carbocycles. The Labute approximate surface area is 249 Å². The number of nitrogens with zero attached hydrogens (tertiary/aromatic N) is 2. The van der Waals surface area contributed by atoms with E-state index in [1.54, 1.807) is 56.6 Å². The summed E-state index contributed by atoms with van der Waals surface area (Å²) >= 11 is 0. The maximum absolute atomic E-state index is 13.8. The molecule has 0 aliphatic carbocycles. The van der Waals surface area contributed by atoms with Crippen molar-refractivity contribution in [3.63, 3.8) is 0 Å². The number of benzene rings is 2. The maximum atomic E-state index is 13.8. The van der Waals surface area contributed by atoms with E-state index in [1.165, 1.54) is 41.1 Å². The molecule has 0 spiro atoms. The molecule has 9 nitrogen and oxygen atoms in total. The van der Waals surface area contributed by atoms with Crippen LogP contribution in [0.4, 0.5) is 10.1 Å². The molecule has 0 fully saturated rings. The highest BCUT2D eigenvalue weighted by atomic mass is 19.1. The van der Waals surface area contributed by atoms with Crippen molar-refractivity contribution in [3.05, 3.63) is 118 Å². The zero-order valence-electron chi connectivity index (χ0n) is 24.5. The number of pyridine rings is 2. The minimum atomic E-state index is -0.535. The lowest BCUT2D eigenvalue weighted by atomic mass is 10.0. The molecule has 4 rings (SSSR count). The largest absolute Gasteiger partial charge is 0.352 e. The Hall–Kier alpha value is -4.96. The van der Waals surface area contributed by atoms with Crippen molar-refractivity contribution < 1.29 is 18.8 Å². The van der Waals surface area contributed by atoms with Crippen molar-refractivity contribution in [1.82, 2.24) is 20.2 Å². The first kappa shape index (κ1) is 31.0. The topological polar surface area (TPSA) is 122 Å². The fraction of sp³-hybridized carbons (Fsp3) is 0.242. The van der Waals surface area contributed by atoms with Gasteiger partial charge in [-0.05, 0) is 85.6 Å². The van der Waals surface area contributed by atoms with Gasteiger partial charge in [-0.3, -0.25) is 24.2 Å². The molecule has 0 radical (unpaired) electrons. The molecular formula is C33H34FN5O4. The van der Waals surface area contributed by atoms with Crippen molar-refractivity contribution in [3.8, 4) is 11.3 Å². The van der Waals surface area contributed by atoms with Crippen LogP contribution in [0.2, 0.25) is 0 Å². The van der Waals surface area contributed by atoms with Gasteiger partial charge in [0, 0.05) is 35.6 Å². The summed E-state index contributed by atoms with van der Waals surface area (Å²) in [5.74, 6) is -1.12. The van der Waals surface area contributed by atoms with E-state index < -0.39 is 17.4 Å². The van der Waals surface area contributed by atoms with Gasteiger partial charge >= 0.3 is 0 Å². The molecule has 0 bridgehead atoms. The Balaban J connectivity index is 1.75. The van der Waals surface area contributed by atoms with Gasteiger partial charge < -0.3 is 20.5 Å². The molecule has 4 aromatic rings. The van der Waals surface area contributed by atoms with E-state index in [-0.39, 0.29) is 41.3 Å². The van der Waals surface area contributed by atoms with E-state index in [9.17, 15) is 23.6 Å². The molecule has 10 heteroatoms. The molecule has 2 amide bonds.